The number of unbranched alkanes of at least 4 members (excludes halogenated alkanes) is 2. The molecule has 0 bridgehead atoms. The van der Waals surface area contributed by atoms with E-state index in [0.717, 1.165) is 54.8 Å². The second-order valence-electron chi connectivity index (χ2n) is 7.86. The Morgan fingerprint density at radius 3 is 2.74 bits per heavy atom. The summed E-state index contributed by atoms with van der Waals surface area (Å²) in [5.74, 6) is 1.99. The van der Waals surface area contributed by atoms with Gasteiger partial charge < -0.3 is 14.6 Å². The highest BCUT2D eigenvalue weighted by Crippen LogP contribution is 2.19. The van der Waals surface area contributed by atoms with Crippen LogP contribution in [0.15, 0.2) is 54.6 Å². The van der Waals surface area contributed by atoms with Crippen LogP contribution in [0, 0.1) is 13.8 Å². The Morgan fingerprint density at radius 2 is 1.94 bits per heavy atom. The van der Waals surface area contributed by atoms with Crippen molar-refractivity contribution in [2.45, 2.75) is 53.0 Å². The van der Waals surface area contributed by atoms with Gasteiger partial charge in [0, 0.05) is 13.0 Å². The molecule has 0 fully saturated rings. The van der Waals surface area contributed by atoms with Gasteiger partial charge in [-0.3, -0.25) is 4.79 Å². The Morgan fingerprint density at radius 1 is 1.10 bits per heavy atom. The molecule has 5 heteroatoms. The van der Waals surface area contributed by atoms with Crippen molar-refractivity contribution >= 4 is 16.9 Å². The first kappa shape index (κ1) is 22.6. The zero-order valence-corrected chi connectivity index (χ0v) is 18.9. The zero-order valence-electron chi connectivity index (χ0n) is 18.9. The lowest BCUT2D eigenvalue weighted by molar-refractivity contribution is -0.116. The first-order valence-electron chi connectivity index (χ1n) is 11.1. The average Bonchev–Trinajstić information content (AvgIpc) is 3.11. The van der Waals surface area contributed by atoms with E-state index >= 15 is 0 Å². The van der Waals surface area contributed by atoms with Crippen molar-refractivity contribution in [1.29, 1.82) is 0 Å². The molecule has 1 amide bonds. The van der Waals surface area contributed by atoms with Gasteiger partial charge in [0.25, 0.3) is 0 Å². The minimum atomic E-state index is -0.0203. The van der Waals surface area contributed by atoms with Gasteiger partial charge in [-0.25, -0.2) is 4.98 Å². The van der Waals surface area contributed by atoms with Crippen LogP contribution in [0.3, 0.4) is 0 Å². The summed E-state index contributed by atoms with van der Waals surface area (Å²) >= 11 is 0. The van der Waals surface area contributed by atoms with Crippen molar-refractivity contribution < 1.29 is 9.53 Å². The number of hydrogen-bond acceptors (Lipinski definition) is 3. The molecule has 0 atom stereocenters. The van der Waals surface area contributed by atoms with E-state index in [1.54, 1.807) is 12.2 Å². The molecule has 0 radical (unpaired) electrons. The van der Waals surface area contributed by atoms with Crippen LogP contribution in [-0.4, -0.2) is 28.6 Å². The van der Waals surface area contributed by atoms with Crippen LogP contribution in [-0.2, 0) is 17.8 Å². The molecule has 0 aliphatic rings. The third-order valence-electron chi connectivity index (χ3n) is 5.49. The second-order valence-corrected chi connectivity index (χ2v) is 7.86. The molecule has 1 aromatic heterocycles. The third-order valence-corrected chi connectivity index (χ3v) is 5.49. The number of imidazole rings is 1. The monoisotopic (exact) mass is 419 g/mol. The number of fused-ring (bicyclic) bond motifs is 1. The summed E-state index contributed by atoms with van der Waals surface area (Å²) in [4.78, 5) is 16.3. The highest BCUT2D eigenvalue weighted by Gasteiger charge is 2.10. The summed E-state index contributed by atoms with van der Waals surface area (Å²) in [6.45, 7) is 8.14. The van der Waals surface area contributed by atoms with Crippen LogP contribution < -0.4 is 10.1 Å². The maximum Gasteiger partial charge on any atom is 0.243 e. The van der Waals surface area contributed by atoms with Crippen LogP contribution >= 0.6 is 0 Å². The lowest BCUT2D eigenvalue weighted by atomic mass is 10.1. The molecule has 31 heavy (non-hydrogen) atoms. The summed E-state index contributed by atoms with van der Waals surface area (Å²) in [5, 5.41) is 2.90. The standard InChI is InChI=1S/C26H33N3O2/c1-4-10-26(30)27-16-9-5-6-13-25-28-23-11-7-8-12-24(23)29(25)17-18-31-22-15-14-20(2)21(3)19-22/h4,7-8,10-12,14-15,19H,5-6,9,13,16-18H2,1-3H3,(H,27,30)/b10-4+. The van der Waals surface area contributed by atoms with Crippen LogP contribution in [0.5, 0.6) is 5.75 Å². The smallest absolute Gasteiger partial charge is 0.243 e. The van der Waals surface area contributed by atoms with E-state index < -0.39 is 0 Å². The number of aromatic nitrogens is 2. The van der Waals surface area contributed by atoms with E-state index in [1.807, 2.05) is 19.1 Å². The molecule has 0 unspecified atom stereocenters. The molecule has 0 saturated carbocycles. The maximum atomic E-state index is 11.5. The first-order chi connectivity index (χ1) is 15.1. The molecule has 164 valence electrons. The predicted octanol–water partition coefficient (Wildman–Crippen LogP) is 5.14. The van der Waals surface area contributed by atoms with Gasteiger partial charge in [0.05, 0.1) is 17.6 Å². The Hall–Kier alpha value is -3.08. The summed E-state index contributed by atoms with van der Waals surface area (Å²) in [6.07, 6.45) is 7.30. The van der Waals surface area contributed by atoms with Crippen LogP contribution in [0.1, 0.15) is 43.1 Å². The minimum absolute atomic E-state index is 0.0203. The summed E-state index contributed by atoms with van der Waals surface area (Å²) in [6, 6.07) is 14.5. The lowest BCUT2D eigenvalue weighted by Crippen LogP contribution is -2.22. The van der Waals surface area contributed by atoms with Gasteiger partial charge >= 0.3 is 0 Å². The van der Waals surface area contributed by atoms with Gasteiger partial charge in [-0.05, 0) is 75.1 Å². The lowest BCUT2D eigenvalue weighted by Gasteiger charge is -2.12. The molecule has 3 aromatic rings. The van der Waals surface area contributed by atoms with Gasteiger partial charge in [-0.2, -0.15) is 0 Å². The molecule has 0 aliphatic carbocycles. The fourth-order valence-corrected chi connectivity index (χ4v) is 3.63. The second kappa shape index (κ2) is 11.3. The van der Waals surface area contributed by atoms with E-state index in [0.29, 0.717) is 13.2 Å². The van der Waals surface area contributed by atoms with E-state index in [4.69, 9.17) is 9.72 Å². The quantitative estimate of drug-likeness (QED) is 0.346. The van der Waals surface area contributed by atoms with E-state index in [2.05, 4.69) is 54.1 Å². The number of rotatable bonds is 11. The maximum absolute atomic E-state index is 11.5. The SMILES string of the molecule is C/C=C/C(=O)NCCCCCc1nc2ccccc2n1CCOc1ccc(C)c(C)c1. The highest BCUT2D eigenvalue weighted by atomic mass is 16.5. The molecule has 2 aromatic carbocycles. The predicted molar refractivity (Wildman–Crippen MR) is 127 cm³/mol. The van der Waals surface area contributed by atoms with Crippen molar-refractivity contribution in [3.63, 3.8) is 0 Å². The summed E-state index contributed by atoms with van der Waals surface area (Å²) in [5.41, 5.74) is 4.70. The van der Waals surface area contributed by atoms with Crippen molar-refractivity contribution in [2.75, 3.05) is 13.2 Å². The molecule has 1 heterocycles. The number of hydrogen-bond donors (Lipinski definition) is 1. The van der Waals surface area contributed by atoms with E-state index in [9.17, 15) is 4.79 Å². The molecule has 0 saturated heterocycles. The zero-order chi connectivity index (χ0) is 22.1. The number of ether oxygens (including phenoxy) is 1. The number of benzene rings is 2. The first-order valence-corrected chi connectivity index (χ1v) is 11.1. The average molecular weight is 420 g/mol. The van der Waals surface area contributed by atoms with Crippen LogP contribution in [0.25, 0.3) is 11.0 Å². The molecule has 3 rings (SSSR count). The number of allylic oxidation sites excluding steroid dienone is 1. The van der Waals surface area contributed by atoms with Gasteiger partial charge in [0.15, 0.2) is 0 Å². The number of para-hydroxylation sites is 2. The number of aryl methyl sites for hydroxylation is 3. The number of carbonyl (C=O) groups excluding carboxylic acids is 1. The normalized spacial score (nSPS) is 11.3. The molecule has 0 aliphatic heterocycles. The number of nitrogens with zero attached hydrogens (tertiary/aromatic N) is 2. The van der Waals surface area contributed by atoms with Gasteiger partial charge in [-0.15, -0.1) is 0 Å². The van der Waals surface area contributed by atoms with E-state index in [-0.39, 0.29) is 5.91 Å². The Balaban J connectivity index is 1.55. The van der Waals surface area contributed by atoms with Crippen LogP contribution in [0.2, 0.25) is 0 Å². The highest BCUT2D eigenvalue weighted by molar-refractivity contribution is 5.87. The Kier molecular flexibility index (Phi) is 8.27. The fourth-order valence-electron chi connectivity index (χ4n) is 3.63. The fraction of sp³-hybridized carbons (Fsp3) is 0.385. The molecular weight excluding hydrogens is 386 g/mol. The number of carbonyl (C=O) groups is 1. The van der Waals surface area contributed by atoms with Crippen molar-refractivity contribution in [3.05, 3.63) is 71.6 Å². The number of amides is 1. The van der Waals surface area contributed by atoms with Crippen molar-refractivity contribution in [3.8, 4) is 5.75 Å². The van der Waals surface area contributed by atoms with Crippen molar-refractivity contribution in [2.24, 2.45) is 0 Å². The van der Waals surface area contributed by atoms with Gasteiger partial charge in [0.2, 0.25) is 5.91 Å². The van der Waals surface area contributed by atoms with Crippen LogP contribution in [0.4, 0.5) is 0 Å². The molecular formula is C26H33N3O2. The Bertz CT molecular complexity index is 1040. The van der Waals surface area contributed by atoms with Gasteiger partial charge in [0.1, 0.15) is 18.2 Å². The molecule has 5 nitrogen and oxygen atoms in total. The molecule has 0 spiro atoms. The van der Waals surface area contributed by atoms with Crippen molar-refractivity contribution in [1.82, 2.24) is 14.9 Å². The summed E-state index contributed by atoms with van der Waals surface area (Å²) < 4.78 is 8.31. The Labute approximate surface area is 185 Å². The third kappa shape index (κ3) is 6.45. The topological polar surface area (TPSA) is 56.2 Å². The van der Waals surface area contributed by atoms with Gasteiger partial charge in [-0.1, -0.05) is 30.7 Å². The van der Waals surface area contributed by atoms with E-state index in [1.165, 1.54) is 11.1 Å². The molecule has 1 N–H and O–H groups in total. The minimum Gasteiger partial charge on any atom is -0.492 e. The summed E-state index contributed by atoms with van der Waals surface area (Å²) in [7, 11) is 0. The number of nitrogens with one attached hydrogen (secondary N) is 1. The largest absolute Gasteiger partial charge is 0.492 e.